The van der Waals surface area contributed by atoms with Crippen molar-refractivity contribution in [2.75, 3.05) is 0 Å². The third-order valence-corrected chi connectivity index (χ3v) is 7.87. The summed E-state index contributed by atoms with van der Waals surface area (Å²) in [6, 6.07) is 0. The van der Waals surface area contributed by atoms with Gasteiger partial charge in [-0.3, -0.25) is 0 Å². The predicted molar refractivity (Wildman–Crippen MR) is 263 cm³/mol. The van der Waals surface area contributed by atoms with Gasteiger partial charge in [0.1, 0.15) is 21.5 Å². The van der Waals surface area contributed by atoms with Gasteiger partial charge in [-0.25, -0.2) is 19.9 Å². The zero-order chi connectivity index (χ0) is 42.2. The molecule has 0 amide bonds. The summed E-state index contributed by atoms with van der Waals surface area (Å²) in [6.45, 7) is 30.1. The van der Waals surface area contributed by atoms with E-state index in [0.717, 1.165) is 43.3 Å². The molecule has 63 heavy (non-hydrogen) atoms. The number of aromatic nitrogens is 12. The molecule has 0 aliphatic rings. The van der Waals surface area contributed by atoms with E-state index in [1.54, 1.807) is 87.9 Å². The molecule has 8 aromatic rings. The minimum absolute atomic E-state index is 0. The smallest absolute Gasteiger partial charge is 0.223 e. The topological polar surface area (TPSA) is 220 Å². The number of hydrogen-bond donors (Lipinski definition) is 0. The van der Waals surface area contributed by atoms with Crippen molar-refractivity contribution in [1.82, 2.24) is 60.6 Å². The van der Waals surface area contributed by atoms with E-state index in [0.29, 0.717) is 35.2 Å². The fraction of sp³-hybridized carbons (Fsp3) is 0.535. The molecule has 0 aromatic carbocycles. The summed E-state index contributed by atoms with van der Waals surface area (Å²) >= 11 is 5.08. The van der Waals surface area contributed by atoms with Crippen molar-refractivity contribution in [3.05, 3.63) is 113 Å². The Hall–Kier alpha value is -5.34. The van der Waals surface area contributed by atoms with Crippen molar-refractivity contribution >= 4 is 34.0 Å². The van der Waals surface area contributed by atoms with Crippen LogP contribution in [-0.4, -0.2) is 60.6 Å². The molecule has 0 saturated carbocycles. The van der Waals surface area contributed by atoms with Crippen molar-refractivity contribution in [3.63, 3.8) is 0 Å². The minimum Gasteiger partial charge on any atom is -0.446 e. The van der Waals surface area contributed by atoms with Crippen LogP contribution < -0.4 is 0 Å². The second-order valence-electron chi connectivity index (χ2n) is 11.4. The van der Waals surface area contributed by atoms with Gasteiger partial charge in [-0.2, -0.15) is 9.97 Å². The lowest BCUT2D eigenvalue weighted by Gasteiger charge is -1.73. The lowest BCUT2D eigenvalue weighted by Crippen LogP contribution is -1.70. The molecule has 0 unspecified atom stereocenters. The molecule has 0 bridgehead atoms. The van der Waals surface area contributed by atoms with Crippen LogP contribution in [0, 0.1) is 111 Å². The van der Waals surface area contributed by atoms with Crippen LogP contribution in [0.1, 0.15) is 140 Å². The Morgan fingerprint density at radius 1 is 0.333 bits per heavy atom. The summed E-state index contributed by atoms with van der Waals surface area (Å²) in [6.07, 6.45) is 7.19. The van der Waals surface area contributed by atoms with E-state index < -0.39 is 0 Å². The molecule has 8 aromatic heterocycles. The second kappa shape index (κ2) is 39.5. The average molecular weight is 941 g/mol. The maximum absolute atomic E-state index is 4.97. The molecule has 0 aliphatic heterocycles. The Kier molecular flexibility index (Phi) is 45.2. The van der Waals surface area contributed by atoms with Crippen molar-refractivity contribution in [3.8, 4) is 0 Å². The first-order valence-electron chi connectivity index (χ1n) is 16.9. The predicted octanol–water partition coefficient (Wildman–Crippen LogP) is 13.8. The SMILES string of the molecule is C.C.C.C.C.C.C.Cc1cnc(C)o1.Cc1cnc(C)o1.Cc1cnc(C)s1.Cc1cnc(C)s1.Cc1nnc(C)o1.Cc1nnc(C)s1.Cc1noc(C)n1.Cc1noc(C)n1. The van der Waals surface area contributed by atoms with E-state index in [4.69, 9.17) is 13.3 Å². The third kappa shape index (κ3) is 38.1. The van der Waals surface area contributed by atoms with E-state index in [2.05, 4.69) is 83.5 Å². The molecule has 0 aliphatic carbocycles. The van der Waals surface area contributed by atoms with Crippen molar-refractivity contribution < 1.29 is 22.3 Å². The quantitative estimate of drug-likeness (QED) is 0.138. The maximum Gasteiger partial charge on any atom is 0.223 e. The Morgan fingerprint density at radius 3 is 0.746 bits per heavy atom. The molecule has 360 valence electrons. The van der Waals surface area contributed by atoms with E-state index >= 15 is 0 Å². The van der Waals surface area contributed by atoms with Gasteiger partial charge in [0.15, 0.2) is 23.4 Å². The molecule has 0 atom stereocenters. The minimum atomic E-state index is 0. The first-order valence-corrected chi connectivity index (χ1v) is 19.4. The number of oxazole rings is 2. The van der Waals surface area contributed by atoms with Crippen molar-refractivity contribution in [2.45, 2.75) is 163 Å². The lowest BCUT2D eigenvalue weighted by atomic mass is 10.6. The highest BCUT2D eigenvalue weighted by molar-refractivity contribution is 7.11. The van der Waals surface area contributed by atoms with Crippen LogP contribution in [0.2, 0.25) is 0 Å². The van der Waals surface area contributed by atoms with Crippen LogP contribution >= 0.6 is 34.0 Å². The van der Waals surface area contributed by atoms with Gasteiger partial charge >= 0.3 is 0 Å². The van der Waals surface area contributed by atoms with Gasteiger partial charge in [0.2, 0.25) is 23.6 Å². The van der Waals surface area contributed by atoms with Gasteiger partial charge in [-0.05, 0) is 69.2 Å². The van der Waals surface area contributed by atoms with Gasteiger partial charge in [0.25, 0.3) is 0 Å². The van der Waals surface area contributed by atoms with Gasteiger partial charge in [-0.1, -0.05) is 62.3 Å². The molecule has 0 fully saturated rings. The Balaban J connectivity index is -0.000000112. The maximum atomic E-state index is 4.97. The standard InChI is InChI=1S/2C5H7NO.2C5H7NS.3C4H6N2O.C4H6N2S.7CH4/c4*1-4-3-6-5(2)7-4;1-3-5-6-4(2)7-3;2*1-3-5-4(2)7-6-3;1-3-5-6-4(2)7-3;;;;;;;/h4*3H,1-2H3;4*1-2H3;7*1H4. The summed E-state index contributed by atoms with van der Waals surface area (Å²) in [5, 5.41) is 26.2. The summed E-state index contributed by atoms with van der Waals surface area (Å²) in [5.41, 5.74) is 0. The highest BCUT2D eigenvalue weighted by Gasteiger charge is 1.93. The summed E-state index contributed by atoms with van der Waals surface area (Å²) in [7, 11) is 0. The fourth-order valence-electron chi connectivity index (χ4n) is 3.46. The monoisotopic (exact) mass is 941 g/mol. The summed E-state index contributed by atoms with van der Waals surface area (Å²) in [4.78, 5) is 26.0. The third-order valence-electron chi connectivity index (χ3n) is 5.46. The zero-order valence-corrected chi connectivity index (χ0v) is 37.4. The van der Waals surface area contributed by atoms with Crippen LogP contribution in [0.4, 0.5) is 0 Å². The highest BCUT2D eigenvalue weighted by Crippen LogP contribution is 2.09. The van der Waals surface area contributed by atoms with Gasteiger partial charge in [0, 0.05) is 63.7 Å². The number of rotatable bonds is 0. The lowest BCUT2D eigenvalue weighted by molar-refractivity contribution is 0.389. The molecule has 0 saturated heterocycles. The van der Waals surface area contributed by atoms with E-state index in [1.807, 2.05) is 67.8 Å². The summed E-state index contributed by atoms with van der Waals surface area (Å²) < 4.78 is 24.0. The fourth-order valence-corrected chi connectivity index (χ4v) is 5.41. The average Bonchev–Trinajstić information content (AvgIpc) is 4.00. The second-order valence-corrected chi connectivity index (χ2v) is 15.6. The van der Waals surface area contributed by atoms with Crippen LogP contribution in [0.3, 0.4) is 0 Å². The van der Waals surface area contributed by atoms with Crippen LogP contribution in [0.15, 0.2) is 47.1 Å². The number of aryl methyl sites for hydroxylation is 16. The van der Waals surface area contributed by atoms with Crippen LogP contribution in [0.25, 0.3) is 0 Å². The van der Waals surface area contributed by atoms with Gasteiger partial charge < -0.3 is 22.3 Å². The molecule has 0 N–H and O–H groups in total. The highest BCUT2D eigenvalue weighted by atomic mass is 32.1. The Morgan fingerprint density at radius 2 is 0.667 bits per heavy atom. The molecular weight excluding hydrogens is 861 g/mol. The Bertz CT molecular complexity index is 1600. The molecular formula is C43H80N12O5S3. The van der Waals surface area contributed by atoms with E-state index in [1.165, 1.54) is 9.75 Å². The number of hydrogen-bond acceptors (Lipinski definition) is 20. The van der Waals surface area contributed by atoms with Crippen molar-refractivity contribution in [1.29, 1.82) is 0 Å². The normalized spacial score (nSPS) is 8.38. The number of nitrogens with zero attached hydrogens (tertiary/aromatic N) is 12. The molecule has 8 heterocycles. The van der Waals surface area contributed by atoms with Gasteiger partial charge in [-0.15, -0.1) is 54.4 Å². The first-order chi connectivity index (χ1) is 26.3. The zero-order valence-electron chi connectivity index (χ0n) is 34.9. The van der Waals surface area contributed by atoms with Crippen LogP contribution in [0.5, 0.6) is 0 Å². The molecule has 17 nitrogen and oxygen atoms in total. The largest absolute Gasteiger partial charge is 0.446 e. The molecule has 0 radical (unpaired) electrons. The molecule has 20 heteroatoms. The molecule has 8 rings (SSSR count). The Labute approximate surface area is 391 Å². The van der Waals surface area contributed by atoms with Crippen molar-refractivity contribution in [2.24, 2.45) is 0 Å². The summed E-state index contributed by atoms with van der Waals surface area (Å²) in [5.74, 6) is 7.09. The van der Waals surface area contributed by atoms with E-state index in [9.17, 15) is 0 Å². The van der Waals surface area contributed by atoms with E-state index in [-0.39, 0.29) is 52.0 Å². The molecule has 0 spiro atoms. The van der Waals surface area contributed by atoms with Crippen LogP contribution in [-0.2, 0) is 0 Å². The van der Waals surface area contributed by atoms with Gasteiger partial charge in [0.05, 0.1) is 22.4 Å². The first kappa shape index (κ1) is 72.1. The number of thiazole rings is 2.